The number of hydrogen-bond donors (Lipinski definition) is 2. The summed E-state index contributed by atoms with van der Waals surface area (Å²) in [7, 11) is -2.41. The Kier molecular flexibility index (Phi) is 7.48. The van der Waals surface area contributed by atoms with E-state index in [9.17, 15) is 17.8 Å². The Balaban J connectivity index is 1.56. The van der Waals surface area contributed by atoms with Gasteiger partial charge in [0.15, 0.2) is 21.9 Å². The third kappa shape index (κ3) is 5.56. The summed E-state index contributed by atoms with van der Waals surface area (Å²) >= 11 is 0.992. The highest BCUT2D eigenvalue weighted by atomic mass is 32.2. The van der Waals surface area contributed by atoms with Crippen LogP contribution in [0, 0.1) is 23.3 Å². The zero-order valence-electron chi connectivity index (χ0n) is 19.6. The molecule has 0 bridgehead atoms. The highest BCUT2D eigenvalue weighted by molar-refractivity contribution is 7.86. The van der Waals surface area contributed by atoms with Gasteiger partial charge in [-0.15, -0.1) is 0 Å². The van der Waals surface area contributed by atoms with E-state index in [4.69, 9.17) is 0 Å². The van der Waals surface area contributed by atoms with Gasteiger partial charge in [0.1, 0.15) is 17.5 Å². The summed E-state index contributed by atoms with van der Waals surface area (Å²) in [6.45, 7) is 0. The van der Waals surface area contributed by atoms with Crippen molar-refractivity contribution in [1.29, 1.82) is 0 Å². The molecule has 0 aliphatic heterocycles. The number of carbonyl (C=O) groups excluding carboxylic acids is 1. The van der Waals surface area contributed by atoms with E-state index in [1.165, 1.54) is 12.4 Å². The normalized spacial score (nSPS) is 11.7. The van der Waals surface area contributed by atoms with E-state index in [1.807, 2.05) is 0 Å². The number of aromatic nitrogens is 2. The van der Waals surface area contributed by atoms with Crippen molar-refractivity contribution >= 4 is 39.0 Å². The molecule has 0 fully saturated rings. The van der Waals surface area contributed by atoms with Gasteiger partial charge in [-0.3, -0.25) is 19.8 Å². The minimum Gasteiger partial charge on any atom is -0.298 e. The predicted molar refractivity (Wildman–Crippen MR) is 141 cm³/mol. The van der Waals surface area contributed by atoms with E-state index in [0.717, 1.165) is 35.6 Å². The van der Waals surface area contributed by atoms with Crippen LogP contribution in [0.4, 0.5) is 28.4 Å². The summed E-state index contributed by atoms with van der Waals surface area (Å²) in [6, 6.07) is 15.8. The Morgan fingerprint density at radius 2 is 1.59 bits per heavy atom. The molecule has 2 heterocycles. The number of rotatable bonds is 7. The fourth-order valence-electron chi connectivity index (χ4n) is 3.62. The van der Waals surface area contributed by atoms with E-state index < -0.39 is 56.3 Å². The molecular formula is C27H16F4N4O2S2. The van der Waals surface area contributed by atoms with Gasteiger partial charge in [0.05, 0.1) is 26.7 Å². The first-order valence-electron chi connectivity index (χ1n) is 11.2. The topological polar surface area (TPSA) is 84.0 Å². The summed E-state index contributed by atoms with van der Waals surface area (Å²) in [5.41, 5.74) is -0.247. The van der Waals surface area contributed by atoms with Crippen molar-refractivity contribution < 1.29 is 26.6 Å². The molecule has 3 aromatic carbocycles. The lowest BCUT2D eigenvalue weighted by Crippen LogP contribution is -2.11. The van der Waals surface area contributed by atoms with Crippen molar-refractivity contribution in [3.05, 3.63) is 114 Å². The zero-order valence-corrected chi connectivity index (χ0v) is 21.3. The van der Waals surface area contributed by atoms with E-state index in [1.54, 1.807) is 42.5 Å². The smallest absolute Gasteiger partial charge is 0.257 e. The summed E-state index contributed by atoms with van der Waals surface area (Å²) in [4.78, 5) is 20.8. The number of amides is 1. The van der Waals surface area contributed by atoms with Gasteiger partial charge in [-0.05, 0) is 60.2 Å². The lowest BCUT2D eigenvalue weighted by atomic mass is 10.1. The van der Waals surface area contributed by atoms with E-state index in [-0.39, 0.29) is 10.8 Å². The minimum atomic E-state index is -2.41. The zero-order chi connectivity index (χ0) is 27.5. The minimum absolute atomic E-state index is 0.0771. The summed E-state index contributed by atoms with van der Waals surface area (Å²) in [5, 5.41) is 2.72. The second kappa shape index (κ2) is 11.1. The number of thiazole rings is 1. The molecule has 0 saturated heterocycles. The maximum atomic E-state index is 15.8. The Hall–Kier alpha value is -4.42. The molecule has 0 saturated carbocycles. The molecule has 2 aromatic heterocycles. The first-order chi connectivity index (χ1) is 18.8. The number of nitrogens with zero attached hydrogens (tertiary/aromatic N) is 2. The fourth-order valence-corrected chi connectivity index (χ4v) is 5.53. The van der Waals surface area contributed by atoms with Gasteiger partial charge in [0.25, 0.3) is 5.91 Å². The molecule has 39 heavy (non-hydrogen) atoms. The van der Waals surface area contributed by atoms with Crippen LogP contribution in [0.5, 0.6) is 0 Å². The molecule has 196 valence electrons. The van der Waals surface area contributed by atoms with Crippen LogP contribution in [0.15, 0.2) is 90.1 Å². The average Bonchev–Trinajstić information content (AvgIpc) is 3.35. The number of halogens is 4. The Bertz CT molecular complexity index is 1700. The molecule has 5 rings (SSSR count). The van der Waals surface area contributed by atoms with Gasteiger partial charge in [0, 0.05) is 18.0 Å². The molecule has 0 radical (unpaired) electrons. The number of anilines is 2. The van der Waals surface area contributed by atoms with Crippen LogP contribution in [-0.4, -0.2) is 20.1 Å². The number of hydrogen-bond acceptors (Lipinski definition) is 5. The van der Waals surface area contributed by atoms with Crippen molar-refractivity contribution in [2.45, 2.75) is 4.90 Å². The number of nitrogens with one attached hydrogen (secondary N) is 2. The summed E-state index contributed by atoms with van der Waals surface area (Å²) in [5.74, 6) is -4.43. The van der Waals surface area contributed by atoms with Crippen LogP contribution < -0.4 is 10.0 Å². The van der Waals surface area contributed by atoms with E-state index in [0.29, 0.717) is 22.1 Å². The quantitative estimate of drug-likeness (QED) is 0.211. The molecule has 5 aromatic rings. The number of benzene rings is 3. The first-order valence-corrected chi connectivity index (χ1v) is 13.2. The van der Waals surface area contributed by atoms with Crippen LogP contribution in [0.1, 0.15) is 10.4 Å². The summed E-state index contributed by atoms with van der Waals surface area (Å²) < 4.78 is 73.5. The Morgan fingerprint density at radius 1 is 0.872 bits per heavy atom. The van der Waals surface area contributed by atoms with Crippen LogP contribution in [0.2, 0.25) is 0 Å². The molecular weight excluding hydrogens is 552 g/mol. The highest BCUT2D eigenvalue weighted by Gasteiger charge is 2.25. The molecule has 6 nitrogen and oxygen atoms in total. The van der Waals surface area contributed by atoms with Gasteiger partial charge in [-0.25, -0.2) is 26.8 Å². The van der Waals surface area contributed by atoms with Crippen molar-refractivity contribution in [2.75, 3.05) is 10.0 Å². The molecule has 2 N–H and O–H groups in total. The highest BCUT2D eigenvalue weighted by Crippen LogP contribution is 2.42. The van der Waals surface area contributed by atoms with Crippen LogP contribution in [0.3, 0.4) is 0 Å². The second-order valence-corrected chi connectivity index (χ2v) is 10.2. The third-order valence-electron chi connectivity index (χ3n) is 5.45. The van der Waals surface area contributed by atoms with Crippen LogP contribution >= 0.6 is 11.3 Å². The Labute approximate surface area is 226 Å². The largest absolute Gasteiger partial charge is 0.298 e. The maximum Gasteiger partial charge on any atom is 0.257 e. The van der Waals surface area contributed by atoms with Gasteiger partial charge >= 0.3 is 0 Å². The average molecular weight is 569 g/mol. The molecule has 0 aliphatic carbocycles. The lowest BCUT2D eigenvalue weighted by molar-refractivity contribution is 0.102. The molecule has 1 atom stereocenters. The predicted octanol–water partition coefficient (Wildman–Crippen LogP) is 6.82. The molecule has 1 amide bonds. The molecule has 0 aliphatic rings. The van der Waals surface area contributed by atoms with E-state index in [2.05, 4.69) is 20.0 Å². The maximum absolute atomic E-state index is 15.8. The number of pyridine rings is 1. The number of carbonyl (C=O) groups is 1. The monoisotopic (exact) mass is 568 g/mol. The molecule has 0 spiro atoms. The second-order valence-electron chi connectivity index (χ2n) is 7.98. The van der Waals surface area contributed by atoms with Gasteiger partial charge in [-0.2, -0.15) is 0 Å². The van der Waals surface area contributed by atoms with Crippen LogP contribution in [-0.2, 0) is 11.0 Å². The van der Waals surface area contributed by atoms with Crippen molar-refractivity contribution in [3.8, 4) is 21.7 Å². The van der Waals surface area contributed by atoms with Gasteiger partial charge in [-0.1, -0.05) is 29.5 Å². The Morgan fingerprint density at radius 3 is 2.33 bits per heavy atom. The fraction of sp³-hybridized carbons (Fsp3) is 0. The standard InChI is InChI=1S/C27H16F4N4O2S2/c28-17-6-7-18(29)21(14-17)39(37)35-20-9-8-19(30)22(23(20)31)24-25(15-10-12-32-13-11-15)38-27(33-24)34-26(36)16-4-2-1-3-5-16/h1-14,35H,(H,33,34,36). The van der Waals surface area contributed by atoms with E-state index >= 15 is 8.78 Å². The third-order valence-corrected chi connectivity index (χ3v) is 7.59. The molecule has 1 unspecified atom stereocenters. The van der Waals surface area contributed by atoms with Gasteiger partial charge < -0.3 is 0 Å². The SMILES string of the molecule is O=C(Nc1nc(-c2c(F)ccc(NS(=O)c3cc(F)ccc3F)c2F)c(-c2ccncc2)s1)c1ccccc1. The summed E-state index contributed by atoms with van der Waals surface area (Å²) in [6.07, 6.45) is 2.98. The van der Waals surface area contributed by atoms with Gasteiger partial charge in [0.2, 0.25) is 0 Å². The van der Waals surface area contributed by atoms with Crippen LogP contribution in [0.25, 0.3) is 21.7 Å². The lowest BCUT2D eigenvalue weighted by Gasteiger charge is -2.12. The van der Waals surface area contributed by atoms with Crippen molar-refractivity contribution in [1.82, 2.24) is 9.97 Å². The van der Waals surface area contributed by atoms with Crippen molar-refractivity contribution in [2.24, 2.45) is 0 Å². The van der Waals surface area contributed by atoms with Crippen molar-refractivity contribution in [3.63, 3.8) is 0 Å². The molecule has 12 heteroatoms. The first kappa shape index (κ1) is 26.2.